The molecule has 0 aliphatic carbocycles. The monoisotopic (exact) mass is 496 g/mol. The number of benzene rings is 2. The van der Waals surface area contributed by atoms with Gasteiger partial charge in [-0.05, 0) is 41.4 Å². The van der Waals surface area contributed by atoms with Crippen LogP contribution in [-0.2, 0) is 9.53 Å². The minimum Gasteiger partial charge on any atom is -0.395 e. The number of hydrogen-bond acceptors (Lipinski definition) is 8. The molecule has 0 bridgehead atoms. The van der Waals surface area contributed by atoms with E-state index in [2.05, 4.69) is 9.69 Å². The van der Waals surface area contributed by atoms with E-state index in [0.29, 0.717) is 17.9 Å². The largest absolute Gasteiger partial charge is 0.395 e. The number of aromatic nitrogens is 1. The number of nitrogens with two attached hydrogens (primary N) is 2. The Hall–Kier alpha value is -3.96. The summed E-state index contributed by atoms with van der Waals surface area (Å²) in [6.45, 7) is 0.564. The number of nitrogen functional groups attached to an aromatic ring is 1. The van der Waals surface area contributed by atoms with E-state index in [4.69, 9.17) is 16.2 Å². The lowest BCUT2D eigenvalue weighted by Gasteiger charge is -2.31. The number of anilines is 3. The predicted molar refractivity (Wildman–Crippen MR) is 137 cm³/mol. The number of primary amides is 1. The minimum atomic E-state index is -1.04. The van der Waals surface area contributed by atoms with Gasteiger partial charge < -0.3 is 26.4 Å². The first kappa shape index (κ1) is 25.7. The van der Waals surface area contributed by atoms with E-state index >= 15 is 0 Å². The second-order valence-corrected chi connectivity index (χ2v) is 8.59. The molecule has 1 atom stereocenters. The van der Waals surface area contributed by atoms with Crippen LogP contribution in [0.15, 0.2) is 54.6 Å². The van der Waals surface area contributed by atoms with E-state index in [1.165, 1.54) is 12.0 Å². The van der Waals surface area contributed by atoms with Crippen LogP contribution in [0.4, 0.5) is 17.1 Å². The van der Waals surface area contributed by atoms with Crippen LogP contribution in [0.1, 0.15) is 31.8 Å². The lowest BCUT2D eigenvalue weighted by molar-refractivity contribution is -0.122. The summed E-state index contributed by atoms with van der Waals surface area (Å²) in [7, 11) is 5.35. The second-order valence-electron chi connectivity index (χ2n) is 7.82. The summed E-state index contributed by atoms with van der Waals surface area (Å²) in [5.41, 5.74) is 13.1. The van der Waals surface area contributed by atoms with Gasteiger partial charge in [-0.2, -0.15) is 4.37 Å². The van der Waals surface area contributed by atoms with Crippen molar-refractivity contribution in [3.8, 4) is 0 Å². The molecule has 5 N–H and O–H groups in total. The van der Waals surface area contributed by atoms with E-state index in [1.54, 1.807) is 42.5 Å². The number of nitrogens with zero attached hydrogens (tertiary/aromatic N) is 3. The smallest absolute Gasteiger partial charge is 0.273 e. The van der Waals surface area contributed by atoms with Gasteiger partial charge in [0.2, 0.25) is 5.91 Å². The number of amides is 3. The fourth-order valence-electron chi connectivity index (χ4n) is 3.46. The Bertz CT molecular complexity index is 1180. The van der Waals surface area contributed by atoms with Gasteiger partial charge in [0.15, 0.2) is 5.69 Å². The van der Waals surface area contributed by atoms with Crippen molar-refractivity contribution in [1.82, 2.24) is 9.69 Å². The quantitative estimate of drug-likeness (QED) is 0.364. The molecule has 3 rings (SSSR count). The molecule has 1 heterocycles. The van der Waals surface area contributed by atoms with Crippen molar-refractivity contribution in [3.63, 3.8) is 0 Å². The highest BCUT2D eigenvalue weighted by Crippen LogP contribution is 2.33. The van der Waals surface area contributed by atoms with Crippen molar-refractivity contribution in [2.24, 2.45) is 5.73 Å². The fourth-order valence-corrected chi connectivity index (χ4v) is 4.20. The Kier molecular flexibility index (Phi) is 8.39. The van der Waals surface area contributed by atoms with Crippen molar-refractivity contribution in [1.29, 1.82) is 0 Å². The molecule has 1 unspecified atom stereocenters. The molecule has 2 aromatic carbocycles. The summed E-state index contributed by atoms with van der Waals surface area (Å²) >= 11 is 0.762. The van der Waals surface area contributed by atoms with Crippen molar-refractivity contribution in [2.45, 2.75) is 6.04 Å². The normalized spacial score (nSPS) is 11.5. The Morgan fingerprint density at radius 3 is 2.26 bits per heavy atom. The van der Waals surface area contributed by atoms with Gasteiger partial charge in [-0.3, -0.25) is 19.3 Å². The van der Waals surface area contributed by atoms with Crippen LogP contribution in [0.25, 0.3) is 0 Å². The molecule has 3 aromatic rings. The Morgan fingerprint density at radius 2 is 1.71 bits per heavy atom. The molecule has 0 spiro atoms. The van der Waals surface area contributed by atoms with E-state index in [0.717, 1.165) is 17.2 Å². The van der Waals surface area contributed by atoms with Gasteiger partial charge in [0, 0.05) is 39.1 Å². The maximum Gasteiger partial charge on any atom is 0.273 e. The van der Waals surface area contributed by atoms with Crippen LogP contribution in [0, 0.1) is 0 Å². The van der Waals surface area contributed by atoms with Crippen LogP contribution < -0.4 is 26.6 Å². The third kappa shape index (κ3) is 5.76. The molecule has 1 aromatic heterocycles. The Labute approximate surface area is 207 Å². The van der Waals surface area contributed by atoms with Crippen LogP contribution in [-0.4, -0.2) is 56.5 Å². The molecule has 11 heteroatoms. The highest BCUT2D eigenvalue weighted by Gasteiger charge is 2.35. The fraction of sp³-hybridized carbons (Fsp3) is 0.250. The summed E-state index contributed by atoms with van der Waals surface area (Å²) in [6.07, 6.45) is 0. The van der Waals surface area contributed by atoms with E-state index in [-0.39, 0.29) is 22.8 Å². The number of rotatable bonds is 10. The number of carbonyl (C=O) groups is 3. The molecule has 35 heavy (non-hydrogen) atoms. The molecule has 0 aliphatic heterocycles. The number of para-hydroxylation sites is 1. The molecule has 0 radical (unpaired) electrons. The molecular formula is C24H28N6O4S. The van der Waals surface area contributed by atoms with Gasteiger partial charge >= 0.3 is 0 Å². The summed E-state index contributed by atoms with van der Waals surface area (Å²) in [5.74, 6) is -1.82. The summed E-state index contributed by atoms with van der Waals surface area (Å²) in [4.78, 5) is 42.3. The zero-order valence-corrected chi connectivity index (χ0v) is 20.5. The zero-order valence-electron chi connectivity index (χ0n) is 19.7. The third-order valence-electron chi connectivity index (χ3n) is 5.25. The highest BCUT2D eigenvalue weighted by molar-refractivity contribution is 7.09. The lowest BCUT2D eigenvalue weighted by atomic mass is 10.0. The number of carbonyl (C=O) groups excluding carboxylic acids is 3. The molecule has 184 valence electrons. The summed E-state index contributed by atoms with van der Waals surface area (Å²) in [6, 6.07) is 15.0. The second kappa shape index (κ2) is 11.4. The van der Waals surface area contributed by atoms with Crippen LogP contribution >= 0.6 is 11.5 Å². The van der Waals surface area contributed by atoms with Crippen molar-refractivity contribution >= 4 is 46.3 Å². The van der Waals surface area contributed by atoms with Gasteiger partial charge in [0.1, 0.15) is 10.9 Å². The first-order valence-corrected chi connectivity index (χ1v) is 11.5. The first-order chi connectivity index (χ1) is 16.8. The van der Waals surface area contributed by atoms with E-state index < -0.39 is 23.8 Å². The molecular weight excluding hydrogens is 468 g/mol. The number of ether oxygens (including phenoxy) is 1. The lowest BCUT2D eigenvalue weighted by Crippen LogP contribution is -2.44. The first-order valence-electron chi connectivity index (χ1n) is 10.7. The predicted octanol–water partition coefficient (Wildman–Crippen LogP) is 2.04. The zero-order chi connectivity index (χ0) is 25.5. The molecule has 0 aliphatic rings. The van der Waals surface area contributed by atoms with E-state index in [9.17, 15) is 14.4 Å². The van der Waals surface area contributed by atoms with Gasteiger partial charge in [-0.25, -0.2) is 0 Å². The van der Waals surface area contributed by atoms with Gasteiger partial charge in [0.05, 0.1) is 12.3 Å². The highest BCUT2D eigenvalue weighted by atomic mass is 32.1. The van der Waals surface area contributed by atoms with Crippen molar-refractivity contribution < 1.29 is 19.1 Å². The number of hydrogen-bond donors (Lipinski definition) is 3. The standard InChI is InChI=1S/C24H28N6O4S/c1-29(2)16-11-9-15(10-12-16)20(23(32)27-13-14-34-3)30(17-7-5-4-6-8-17)24(33)21-18(25)19(22(26)31)28-35-21/h4-12,20H,13-14,25H2,1-3H3,(H2,26,31)(H,27,32). The van der Waals surface area contributed by atoms with Crippen LogP contribution in [0.3, 0.4) is 0 Å². The average molecular weight is 497 g/mol. The maximum absolute atomic E-state index is 13.9. The van der Waals surface area contributed by atoms with Crippen molar-refractivity contribution in [2.75, 3.05) is 49.9 Å². The average Bonchev–Trinajstić information content (AvgIpc) is 3.24. The maximum atomic E-state index is 13.9. The molecule has 0 saturated heterocycles. The van der Waals surface area contributed by atoms with Gasteiger partial charge in [-0.15, -0.1) is 0 Å². The molecule has 3 amide bonds. The molecule has 0 fully saturated rings. The van der Waals surface area contributed by atoms with E-state index in [1.807, 2.05) is 31.1 Å². The summed E-state index contributed by atoms with van der Waals surface area (Å²) in [5, 5.41) is 2.83. The number of methoxy groups -OCH3 is 1. The third-order valence-corrected chi connectivity index (χ3v) is 6.10. The Balaban J connectivity index is 2.15. The molecule has 0 saturated carbocycles. The van der Waals surface area contributed by atoms with Crippen LogP contribution in [0.2, 0.25) is 0 Å². The molecule has 10 nitrogen and oxygen atoms in total. The van der Waals surface area contributed by atoms with Crippen molar-refractivity contribution in [3.05, 3.63) is 70.7 Å². The van der Waals surface area contributed by atoms with Crippen LogP contribution in [0.5, 0.6) is 0 Å². The van der Waals surface area contributed by atoms with Gasteiger partial charge in [0.25, 0.3) is 11.8 Å². The number of nitrogens with one attached hydrogen (secondary N) is 1. The SMILES string of the molecule is COCCNC(=O)C(c1ccc(N(C)C)cc1)N(C(=O)c1snc(C(N)=O)c1N)c1ccccc1. The van der Waals surface area contributed by atoms with Gasteiger partial charge in [-0.1, -0.05) is 30.3 Å². The summed E-state index contributed by atoms with van der Waals surface area (Å²) < 4.78 is 9.01. The minimum absolute atomic E-state index is 0.0160. The Morgan fingerprint density at radius 1 is 1.06 bits per heavy atom. The topological polar surface area (TPSA) is 144 Å².